The Labute approximate surface area is 313 Å². The van der Waals surface area contributed by atoms with Crippen LogP contribution in [0.2, 0.25) is 10.0 Å². The van der Waals surface area contributed by atoms with Crippen LogP contribution in [-0.2, 0) is 30.4 Å². The number of nitrogens with zero attached hydrogens (tertiary/aromatic N) is 6. The smallest absolute Gasteiger partial charge is 0.264 e. The Balaban J connectivity index is 1.80. The first-order valence-corrected chi connectivity index (χ1v) is 19.7. The highest BCUT2D eigenvalue weighted by atomic mass is 35.5. The summed E-state index contributed by atoms with van der Waals surface area (Å²) in [5.74, 6) is -0.820. The minimum absolute atomic E-state index is 0.00468. The van der Waals surface area contributed by atoms with Gasteiger partial charge in [0.25, 0.3) is 20.1 Å². The number of sulfonamides is 1. The fraction of sp³-hybridized carbons (Fsp3) is 0.324. The van der Waals surface area contributed by atoms with Crippen LogP contribution < -0.4 is 14.9 Å². The van der Waals surface area contributed by atoms with Gasteiger partial charge in [0, 0.05) is 31.1 Å². The molecule has 4 rings (SSSR count). The fourth-order valence-corrected chi connectivity index (χ4v) is 7.33. The predicted molar refractivity (Wildman–Crippen MR) is 203 cm³/mol. The van der Waals surface area contributed by atoms with Crippen LogP contribution in [0, 0.1) is 18.3 Å². The second kappa shape index (κ2) is 16.0. The van der Waals surface area contributed by atoms with Gasteiger partial charge in [0.1, 0.15) is 23.0 Å². The lowest BCUT2D eigenvalue weighted by molar-refractivity contribution is -0.114. The topological polar surface area (TPSA) is 199 Å². The number of halogens is 2. The third-order valence-corrected chi connectivity index (χ3v) is 10.4. The number of carbonyl (C=O) groups excluding carboxylic acids is 1. The molecule has 1 aromatic heterocycles. The van der Waals surface area contributed by atoms with E-state index in [0.717, 1.165) is 5.56 Å². The molecule has 276 valence electrons. The third kappa shape index (κ3) is 9.87. The maximum absolute atomic E-state index is 13.1. The van der Waals surface area contributed by atoms with Crippen molar-refractivity contribution in [2.75, 3.05) is 33.8 Å². The second-order valence-electron chi connectivity index (χ2n) is 12.8. The van der Waals surface area contributed by atoms with Crippen molar-refractivity contribution in [2.24, 2.45) is 10.2 Å². The van der Waals surface area contributed by atoms with Crippen LogP contribution in [0.25, 0.3) is 5.69 Å². The quantitative estimate of drug-likeness (QED) is 0.0889. The molecule has 0 saturated heterocycles. The number of nitrogens with one attached hydrogen (secondary N) is 2. The molecule has 0 fully saturated rings. The van der Waals surface area contributed by atoms with Crippen LogP contribution in [0.4, 0.5) is 28.6 Å². The molecule has 0 unspecified atom stereocenters. The van der Waals surface area contributed by atoms with Gasteiger partial charge < -0.3 is 10.2 Å². The van der Waals surface area contributed by atoms with Crippen LogP contribution in [0.3, 0.4) is 0 Å². The van der Waals surface area contributed by atoms with Crippen molar-refractivity contribution in [3.63, 3.8) is 0 Å². The van der Waals surface area contributed by atoms with Crippen LogP contribution in [-0.4, -0.2) is 55.9 Å². The third-order valence-electron chi connectivity index (χ3n) is 7.62. The zero-order valence-corrected chi connectivity index (χ0v) is 32.4. The summed E-state index contributed by atoms with van der Waals surface area (Å²) in [6, 6.07) is 16.2. The summed E-state index contributed by atoms with van der Waals surface area (Å²) < 4.78 is 61.5. The number of carbonyl (C=O) groups is 1. The highest BCUT2D eigenvalue weighted by Gasteiger charge is 2.30. The molecule has 0 aliphatic rings. The summed E-state index contributed by atoms with van der Waals surface area (Å²) in [5, 5.41) is 26.5. The monoisotopic (exact) mass is 788 g/mol. The number of hydrogen-bond acceptors (Lipinski definition) is 10. The Bertz CT molecular complexity index is 2260. The van der Waals surface area contributed by atoms with Crippen molar-refractivity contribution in [2.45, 2.75) is 58.3 Å². The molecule has 4 aromatic rings. The summed E-state index contributed by atoms with van der Waals surface area (Å²) in [7, 11) is -8.11. The van der Waals surface area contributed by atoms with E-state index in [1.807, 2.05) is 39.5 Å². The molecule has 0 aliphatic heterocycles. The van der Waals surface area contributed by atoms with Crippen LogP contribution >= 0.6 is 23.2 Å². The highest BCUT2D eigenvalue weighted by Crippen LogP contribution is 2.40. The van der Waals surface area contributed by atoms with Gasteiger partial charge in [0.05, 0.1) is 37.8 Å². The van der Waals surface area contributed by atoms with Crippen molar-refractivity contribution >= 4 is 77.8 Å². The molecule has 0 saturated carbocycles. The van der Waals surface area contributed by atoms with Gasteiger partial charge in [0.2, 0.25) is 5.91 Å². The van der Waals surface area contributed by atoms with Crippen molar-refractivity contribution in [3.05, 3.63) is 81.5 Å². The molecule has 1 amide bonds. The van der Waals surface area contributed by atoms with E-state index in [2.05, 4.69) is 31.4 Å². The lowest BCUT2D eigenvalue weighted by atomic mass is 9.90. The minimum atomic E-state index is -4.12. The van der Waals surface area contributed by atoms with Gasteiger partial charge in [-0.25, -0.2) is 13.1 Å². The van der Waals surface area contributed by atoms with E-state index in [0.29, 0.717) is 24.5 Å². The highest BCUT2D eigenvalue weighted by molar-refractivity contribution is 7.92. The molecule has 1 heterocycles. The Morgan fingerprint density at radius 1 is 1.04 bits per heavy atom. The summed E-state index contributed by atoms with van der Waals surface area (Å²) in [5.41, 5.74) is 2.05. The lowest BCUT2D eigenvalue weighted by Crippen LogP contribution is -2.25. The molecule has 0 radical (unpaired) electrons. The van der Waals surface area contributed by atoms with Crippen LogP contribution in [0.15, 0.2) is 69.7 Å². The minimum Gasteiger partial charge on any atom is -0.372 e. The Kier molecular flexibility index (Phi) is 12.4. The fourth-order valence-electron chi connectivity index (χ4n) is 5.15. The van der Waals surface area contributed by atoms with Gasteiger partial charge >= 0.3 is 0 Å². The van der Waals surface area contributed by atoms with Gasteiger partial charge in [-0.15, -0.1) is 10.2 Å². The van der Waals surface area contributed by atoms with Gasteiger partial charge in [-0.3, -0.25) is 14.1 Å². The largest absolute Gasteiger partial charge is 0.372 e. The number of hydrogen-bond donors (Lipinski definition) is 3. The standard InChI is InChI=1S/C34H38Cl2N8O6S2/c1-7-43(15-8-16-51(46,47)48)24-11-14-29(30(19-24)38-22(3)45)39-40-33-26(20-37)32(34(4,5)6)41-44(33)31-27(35)17-23(18-28(31)36)42-52(49,50)25-12-9-21(2)10-13-25/h9-14,17-19,42H,7-8,15-16H2,1-6H3,(H,38,45)(H,46,47,48)/b40-39+. The van der Waals surface area contributed by atoms with E-state index in [9.17, 15) is 26.9 Å². The summed E-state index contributed by atoms with van der Waals surface area (Å²) >= 11 is 13.5. The number of nitriles is 1. The van der Waals surface area contributed by atoms with Crippen molar-refractivity contribution in [3.8, 4) is 11.8 Å². The first-order chi connectivity index (χ1) is 24.2. The van der Waals surface area contributed by atoms with E-state index in [1.54, 1.807) is 30.3 Å². The average Bonchev–Trinajstić information content (AvgIpc) is 3.40. The zero-order valence-electron chi connectivity index (χ0n) is 29.3. The number of benzene rings is 3. The zero-order chi connectivity index (χ0) is 38.6. The Morgan fingerprint density at radius 3 is 2.21 bits per heavy atom. The van der Waals surface area contributed by atoms with E-state index < -0.39 is 37.2 Å². The van der Waals surface area contributed by atoms with E-state index in [4.69, 9.17) is 27.8 Å². The maximum atomic E-state index is 13.1. The summed E-state index contributed by atoms with van der Waals surface area (Å²) in [4.78, 5) is 14.1. The molecule has 3 N–H and O–H groups in total. The second-order valence-corrected chi connectivity index (χ2v) is 16.9. The molecule has 52 heavy (non-hydrogen) atoms. The molecule has 0 atom stereocenters. The number of anilines is 3. The Hall–Kier alpha value is -4.53. The molecule has 3 aromatic carbocycles. The maximum Gasteiger partial charge on any atom is 0.264 e. The van der Waals surface area contributed by atoms with Gasteiger partial charge in [-0.2, -0.15) is 18.8 Å². The molecular weight excluding hydrogens is 751 g/mol. The molecule has 0 aliphatic carbocycles. The lowest BCUT2D eigenvalue weighted by Gasteiger charge is -2.24. The van der Waals surface area contributed by atoms with Crippen molar-refractivity contribution in [1.29, 1.82) is 5.26 Å². The summed E-state index contributed by atoms with van der Waals surface area (Å²) in [6.07, 6.45) is 0.172. The molecule has 0 spiro atoms. The van der Waals surface area contributed by atoms with E-state index >= 15 is 0 Å². The number of aryl methyl sites for hydroxylation is 1. The van der Waals surface area contributed by atoms with Gasteiger partial charge in [0.15, 0.2) is 5.82 Å². The van der Waals surface area contributed by atoms with Gasteiger partial charge in [-0.1, -0.05) is 61.7 Å². The predicted octanol–water partition coefficient (Wildman–Crippen LogP) is 7.94. The van der Waals surface area contributed by atoms with Crippen molar-refractivity contribution in [1.82, 2.24) is 9.78 Å². The van der Waals surface area contributed by atoms with Crippen LogP contribution in [0.5, 0.6) is 0 Å². The van der Waals surface area contributed by atoms with Crippen LogP contribution in [0.1, 0.15) is 57.9 Å². The first-order valence-electron chi connectivity index (χ1n) is 15.9. The SMILES string of the molecule is CCN(CCCS(=O)(=O)O)c1ccc(/N=N/c2c(C#N)c(C(C)(C)C)nn2-c2c(Cl)cc(NS(=O)(=O)c3ccc(C)cc3)cc2Cl)c(NC(C)=O)c1. The Morgan fingerprint density at radius 2 is 1.67 bits per heavy atom. The molecule has 0 bridgehead atoms. The number of azo groups is 1. The first kappa shape index (κ1) is 40.2. The van der Waals surface area contributed by atoms with Crippen molar-refractivity contribution < 1.29 is 26.2 Å². The normalized spacial score (nSPS) is 12.2. The van der Waals surface area contributed by atoms with Gasteiger partial charge in [-0.05, 0) is 62.7 Å². The number of aromatic nitrogens is 2. The van der Waals surface area contributed by atoms with E-state index in [-0.39, 0.29) is 55.5 Å². The number of rotatable bonds is 13. The average molecular weight is 790 g/mol. The molecule has 18 heteroatoms. The summed E-state index contributed by atoms with van der Waals surface area (Å²) in [6.45, 7) is 11.4. The molecular formula is C34H38Cl2N8O6S2. The molecule has 14 nitrogen and oxygen atoms in total. The number of amides is 1. The van der Waals surface area contributed by atoms with E-state index in [1.165, 1.54) is 35.9 Å².